The van der Waals surface area contributed by atoms with Crippen LogP contribution >= 0.6 is 23.1 Å². The molecule has 1 amide bonds. The van der Waals surface area contributed by atoms with Gasteiger partial charge in [0, 0.05) is 12.3 Å². The Morgan fingerprint density at radius 1 is 1.25 bits per heavy atom. The first-order chi connectivity index (χ1) is 13.6. The number of para-hydroxylation sites is 1. The summed E-state index contributed by atoms with van der Waals surface area (Å²) in [5, 5.41) is 2.60. The number of fused-ring (bicyclic) bond motifs is 1. The lowest BCUT2D eigenvalue weighted by Crippen LogP contribution is -2.35. The first-order valence-electron chi connectivity index (χ1n) is 8.73. The molecule has 3 rings (SSSR count). The van der Waals surface area contributed by atoms with Gasteiger partial charge in [0.2, 0.25) is 0 Å². The minimum atomic E-state index is -0.860. The van der Waals surface area contributed by atoms with Gasteiger partial charge < -0.3 is 10.1 Å². The molecule has 28 heavy (non-hydrogen) atoms. The van der Waals surface area contributed by atoms with Crippen molar-refractivity contribution in [3.8, 4) is 0 Å². The minimum Gasteiger partial charge on any atom is -0.449 e. The SMILES string of the molecule is C=CCNC(=O)C(C)OC(=O)c1ccc(CSc2nc3ccccc3s2)cc1. The van der Waals surface area contributed by atoms with Gasteiger partial charge in [0.05, 0.1) is 15.8 Å². The Kier molecular flexibility index (Phi) is 6.84. The van der Waals surface area contributed by atoms with Crippen molar-refractivity contribution in [3.05, 3.63) is 72.3 Å². The van der Waals surface area contributed by atoms with Gasteiger partial charge in [-0.3, -0.25) is 4.79 Å². The number of aromatic nitrogens is 1. The number of thiazole rings is 1. The van der Waals surface area contributed by atoms with Crippen molar-refractivity contribution in [2.24, 2.45) is 0 Å². The molecule has 0 radical (unpaired) electrons. The molecule has 5 nitrogen and oxygen atoms in total. The molecule has 144 valence electrons. The van der Waals surface area contributed by atoms with E-state index in [0.717, 1.165) is 21.2 Å². The fourth-order valence-electron chi connectivity index (χ4n) is 2.39. The summed E-state index contributed by atoms with van der Waals surface area (Å²) >= 11 is 3.34. The number of benzene rings is 2. The maximum Gasteiger partial charge on any atom is 0.338 e. The molecule has 0 saturated carbocycles. The molecule has 1 heterocycles. The molecule has 0 spiro atoms. The standard InChI is InChI=1S/C21H20N2O3S2/c1-3-12-22-19(24)14(2)26-20(25)16-10-8-15(9-11-16)13-27-21-23-17-6-4-5-7-18(17)28-21/h3-11,14H,1,12-13H2,2H3,(H,22,24). The average Bonchev–Trinajstić information content (AvgIpc) is 3.13. The molecule has 0 bridgehead atoms. The number of hydrogen-bond acceptors (Lipinski definition) is 6. The lowest BCUT2D eigenvalue weighted by Gasteiger charge is -2.12. The molecule has 2 aromatic carbocycles. The second-order valence-corrected chi connectivity index (χ2v) is 8.27. The number of carbonyl (C=O) groups excluding carboxylic acids is 2. The Morgan fingerprint density at radius 2 is 2.00 bits per heavy atom. The monoisotopic (exact) mass is 412 g/mol. The molecule has 3 aromatic rings. The maximum absolute atomic E-state index is 12.2. The number of amides is 1. The first-order valence-corrected chi connectivity index (χ1v) is 10.5. The molecular formula is C21H20N2O3S2. The number of nitrogens with zero attached hydrogens (tertiary/aromatic N) is 1. The highest BCUT2D eigenvalue weighted by Crippen LogP contribution is 2.31. The van der Waals surface area contributed by atoms with Gasteiger partial charge in [0.15, 0.2) is 10.4 Å². The van der Waals surface area contributed by atoms with E-state index in [1.807, 2.05) is 30.3 Å². The van der Waals surface area contributed by atoms with E-state index in [1.54, 1.807) is 48.2 Å². The maximum atomic E-state index is 12.2. The molecule has 0 aliphatic heterocycles. The summed E-state index contributed by atoms with van der Waals surface area (Å²) in [6.45, 7) is 5.40. The highest BCUT2D eigenvalue weighted by Gasteiger charge is 2.18. The highest BCUT2D eigenvalue weighted by molar-refractivity contribution is 8.00. The Balaban J connectivity index is 1.54. The third-order valence-corrected chi connectivity index (χ3v) is 6.15. The summed E-state index contributed by atoms with van der Waals surface area (Å²) in [7, 11) is 0. The minimum absolute atomic E-state index is 0.335. The predicted octanol–water partition coefficient (Wildman–Crippen LogP) is 4.44. The van der Waals surface area contributed by atoms with E-state index in [0.29, 0.717) is 12.1 Å². The van der Waals surface area contributed by atoms with Crippen molar-refractivity contribution in [1.82, 2.24) is 10.3 Å². The molecule has 1 aromatic heterocycles. The molecule has 0 fully saturated rings. The fourth-order valence-corrected chi connectivity index (χ4v) is 4.42. The lowest BCUT2D eigenvalue weighted by atomic mass is 10.1. The predicted molar refractivity (Wildman–Crippen MR) is 114 cm³/mol. The van der Waals surface area contributed by atoms with Crippen LogP contribution in [0, 0.1) is 0 Å². The van der Waals surface area contributed by atoms with Gasteiger partial charge in [-0.25, -0.2) is 9.78 Å². The van der Waals surface area contributed by atoms with E-state index in [9.17, 15) is 9.59 Å². The number of rotatable bonds is 8. The summed E-state index contributed by atoms with van der Waals surface area (Å²) in [5.74, 6) is -0.112. The smallest absolute Gasteiger partial charge is 0.338 e. The Hall–Kier alpha value is -2.64. The first kappa shape index (κ1) is 20.1. The summed E-state index contributed by atoms with van der Waals surface area (Å²) in [6.07, 6.45) is 0.707. The molecule has 0 saturated heterocycles. The lowest BCUT2D eigenvalue weighted by molar-refractivity contribution is -0.128. The van der Waals surface area contributed by atoms with Crippen LogP contribution in [0.2, 0.25) is 0 Å². The van der Waals surface area contributed by atoms with E-state index in [2.05, 4.69) is 22.9 Å². The van der Waals surface area contributed by atoms with Gasteiger partial charge in [-0.05, 0) is 36.8 Å². The van der Waals surface area contributed by atoms with Crippen LogP contribution in [-0.4, -0.2) is 29.5 Å². The molecule has 7 heteroatoms. The summed E-state index contributed by atoms with van der Waals surface area (Å²) in [5.41, 5.74) is 2.51. The third-order valence-electron chi connectivity index (χ3n) is 3.90. The van der Waals surface area contributed by atoms with Crippen LogP contribution in [0.25, 0.3) is 10.2 Å². The van der Waals surface area contributed by atoms with Crippen molar-refractivity contribution in [1.29, 1.82) is 0 Å². The molecule has 1 atom stereocenters. The van der Waals surface area contributed by atoms with Crippen LogP contribution < -0.4 is 5.32 Å². The van der Waals surface area contributed by atoms with Gasteiger partial charge in [-0.2, -0.15) is 0 Å². The summed E-state index contributed by atoms with van der Waals surface area (Å²) in [4.78, 5) is 28.6. The van der Waals surface area contributed by atoms with Crippen molar-refractivity contribution in [3.63, 3.8) is 0 Å². The van der Waals surface area contributed by atoms with E-state index >= 15 is 0 Å². The van der Waals surface area contributed by atoms with E-state index < -0.39 is 12.1 Å². The quantitative estimate of drug-likeness (QED) is 0.337. The van der Waals surface area contributed by atoms with Gasteiger partial charge in [0.25, 0.3) is 5.91 Å². The third kappa shape index (κ3) is 5.21. The Morgan fingerprint density at radius 3 is 2.71 bits per heavy atom. The van der Waals surface area contributed by atoms with Crippen LogP contribution in [0.15, 0.2) is 65.5 Å². The van der Waals surface area contributed by atoms with Crippen LogP contribution in [0.1, 0.15) is 22.8 Å². The largest absolute Gasteiger partial charge is 0.449 e. The molecule has 1 N–H and O–H groups in total. The van der Waals surface area contributed by atoms with Gasteiger partial charge >= 0.3 is 5.97 Å². The number of thioether (sulfide) groups is 1. The van der Waals surface area contributed by atoms with Gasteiger partial charge in [0.1, 0.15) is 0 Å². The second-order valence-electron chi connectivity index (χ2n) is 6.01. The molecule has 1 unspecified atom stereocenters. The number of carbonyl (C=O) groups is 2. The average molecular weight is 413 g/mol. The van der Waals surface area contributed by atoms with E-state index in [1.165, 1.54) is 4.70 Å². The van der Waals surface area contributed by atoms with Crippen molar-refractivity contribution >= 4 is 45.2 Å². The van der Waals surface area contributed by atoms with E-state index in [-0.39, 0.29) is 5.91 Å². The van der Waals surface area contributed by atoms with Gasteiger partial charge in [-0.1, -0.05) is 42.1 Å². The van der Waals surface area contributed by atoms with Crippen LogP contribution in [0.5, 0.6) is 0 Å². The van der Waals surface area contributed by atoms with Crippen molar-refractivity contribution in [2.75, 3.05) is 6.54 Å². The zero-order chi connectivity index (χ0) is 19.9. The zero-order valence-corrected chi connectivity index (χ0v) is 17.0. The summed E-state index contributed by atoms with van der Waals surface area (Å²) < 4.78 is 7.39. The fraction of sp³-hybridized carbons (Fsp3) is 0.190. The second kappa shape index (κ2) is 9.52. The van der Waals surface area contributed by atoms with Crippen LogP contribution in [0.4, 0.5) is 0 Å². The zero-order valence-electron chi connectivity index (χ0n) is 15.4. The van der Waals surface area contributed by atoms with Crippen molar-refractivity contribution < 1.29 is 14.3 Å². The van der Waals surface area contributed by atoms with E-state index in [4.69, 9.17) is 4.74 Å². The van der Waals surface area contributed by atoms with Crippen molar-refractivity contribution in [2.45, 2.75) is 23.1 Å². The number of esters is 1. The molecule has 0 aliphatic rings. The number of hydrogen-bond donors (Lipinski definition) is 1. The topological polar surface area (TPSA) is 68.3 Å². The van der Waals surface area contributed by atoms with Crippen LogP contribution in [0.3, 0.4) is 0 Å². The normalized spacial score (nSPS) is 11.8. The number of nitrogens with one attached hydrogen (secondary N) is 1. The number of ether oxygens (including phenoxy) is 1. The Bertz CT molecular complexity index is 950. The Labute approximate surface area is 171 Å². The molecular weight excluding hydrogens is 392 g/mol. The summed E-state index contributed by atoms with van der Waals surface area (Å²) in [6, 6.07) is 15.3. The van der Waals surface area contributed by atoms with Gasteiger partial charge in [-0.15, -0.1) is 17.9 Å². The van der Waals surface area contributed by atoms with Crippen LogP contribution in [-0.2, 0) is 15.3 Å². The highest BCUT2D eigenvalue weighted by atomic mass is 32.2. The molecule has 0 aliphatic carbocycles.